The fraction of sp³-hybridized carbons (Fsp3) is 0.238. The fourth-order valence-electron chi connectivity index (χ4n) is 3.34. The maximum atomic E-state index is 12.5. The van der Waals surface area contributed by atoms with Crippen LogP contribution in [-0.4, -0.2) is 35.1 Å². The predicted molar refractivity (Wildman–Crippen MR) is 109 cm³/mol. The van der Waals surface area contributed by atoms with Gasteiger partial charge in [-0.25, -0.2) is 9.78 Å². The van der Waals surface area contributed by atoms with Gasteiger partial charge in [-0.05, 0) is 38.3 Å². The topological polar surface area (TPSA) is 54.5 Å². The highest BCUT2D eigenvalue weighted by atomic mass is 79.9. The number of nitrogens with zero attached hydrogens (tertiary/aromatic N) is 2. The summed E-state index contributed by atoms with van der Waals surface area (Å²) in [6, 6.07) is 18.0. The van der Waals surface area contributed by atoms with Crippen LogP contribution in [-0.2, 0) is 6.54 Å². The molecule has 0 radical (unpaired) electrons. The molecule has 27 heavy (non-hydrogen) atoms. The maximum absolute atomic E-state index is 12.5. The largest absolute Gasteiger partial charge is 0.472 e. The Morgan fingerprint density at radius 3 is 2.89 bits per heavy atom. The van der Waals surface area contributed by atoms with Gasteiger partial charge in [0.1, 0.15) is 6.10 Å². The molecule has 0 spiro atoms. The molecule has 1 aliphatic heterocycles. The van der Waals surface area contributed by atoms with E-state index in [0.29, 0.717) is 25.5 Å². The molecule has 0 bridgehead atoms. The molecule has 1 atom stereocenters. The maximum Gasteiger partial charge on any atom is 0.317 e. The van der Waals surface area contributed by atoms with E-state index in [4.69, 9.17) is 4.74 Å². The van der Waals surface area contributed by atoms with Gasteiger partial charge in [0.25, 0.3) is 0 Å². The molecule has 0 unspecified atom stereocenters. The van der Waals surface area contributed by atoms with Crippen molar-refractivity contribution in [2.45, 2.75) is 19.1 Å². The van der Waals surface area contributed by atoms with Crippen molar-refractivity contribution in [2.75, 3.05) is 13.1 Å². The third-order valence-corrected chi connectivity index (χ3v) is 5.20. The van der Waals surface area contributed by atoms with Crippen LogP contribution in [0.1, 0.15) is 12.0 Å². The van der Waals surface area contributed by atoms with Crippen molar-refractivity contribution in [3.63, 3.8) is 0 Å². The van der Waals surface area contributed by atoms with E-state index in [-0.39, 0.29) is 12.1 Å². The van der Waals surface area contributed by atoms with Gasteiger partial charge in [0.15, 0.2) is 0 Å². The summed E-state index contributed by atoms with van der Waals surface area (Å²) in [6.07, 6.45) is 2.49. The third kappa shape index (κ3) is 4.22. The number of hydrogen-bond acceptors (Lipinski definition) is 3. The number of nitrogens with one attached hydrogen (secondary N) is 1. The predicted octanol–water partition coefficient (Wildman–Crippen LogP) is 4.36. The zero-order chi connectivity index (χ0) is 18.6. The average Bonchev–Trinajstić information content (AvgIpc) is 3.16. The van der Waals surface area contributed by atoms with E-state index in [9.17, 15) is 4.79 Å². The minimum absolute atomic E-state index is 0.0259. The summed E-state index contributed by atoms with van der Waals surface area (Å²) in [6.45, 7) is 1.76. The van der Waals surface area contributed by atoms with Gasteiger partial charge in [-0.3, -0.25) is 0 Å². The van der Waals surface area contributed by atoms with Crippen LogP contribution in [0, 0.1) is 0 Å². The first kappa shape index (κ1) is 17.8. The normalized spacial score (nSPS) is 16.5. The number of amides is 2. The molecule has 2 amide bonds. The van der Waals surface area contributed by atoms with E-state index in [1.807, 2.05) is 30.3 Å². The lowest BCUT2D eigenvalue weighted by atomic mass is 10.0. The van der Waals surface area contributed by atoms with Gasteiger partial charge in [0.2, 0.25) is 5.88 Å². The van der Waals surface area contributed by atoms with E-state index >= 15 is 0 Å². The molecule has 1 N–H and O–H groups in total. The molecule has 1 aromatic heterocycles. The molecule has 4 rings (SSSR count). The van der Waals surface area contributed by atoms with Crippen molar-refractivity contribution in [1.82, 2.24) is 15.2 Å². The van der Waals surface area contributed by atoms with Crippen molar-refractivity contribution in [3.8, 4) is 5.88 Å². The first-order chi connectivity index (χ1) is 13.2. The van der Waals surface area contributed by atoms with E-state index in [1.165, 1.54) is 10.8 Å². The minimum atomic E-state index is -0.0576. The number of fused-ring (bicyclic) bond motifs is 1. The molecule has 1 saturated heterocycles. The summed E-state index contributed by atoms with van der Waals surface area (Å²) >= 11 is 3.36. The van der Waals surface area contributed by atoms with Crippen molar-refractivity contribution in [3.05, 3.63) is 70.8 Å². The highest BCUT2D eigenvalue weighted by Gasteiger charge is 2.27. The number of carbonyl (C=O) groups is 1. The molecule has 0 saturated carbocycles. The van der Waals surface area contributed by atoms with Crippen LogP contribution in [0.2, 0.25) is 0 Å². The summed E-state index contributed by atoms with van der Waals surface area (Å²) in [5.74, 6) is 0.584. The van der Waals surface area contributed by atoms with Gasteiger partial charge in [0.05, 0.1) is 6.54 Å². The lowest BCUT2D eigenvalue weighted by Gasteiger charge is -2.18. The van der Waals surface area contributed by atoms with Crippen molar-refractivity contribution < 1.29 is 9.53 Å². The van der Waals surface area contributed by atoms with Crippen LogP contribution in [0.25, 0.3) is 10.8 Å². The van der Waals surface area contributed by atoms with E-state index in [1.54, 1.807) is 11.1 Å². The molecule has 0 aliphatic carbocycles. The molecule has 5 nitrogen and oxygen atoms in total. The number of likely N-dealkylation sites (tertiary alicyclic amines) is 1. The molecule has 1 aliphatic rings. The quantitative estimate of drug-likeness (QED) is 0.675. The number of hydrogen-bond donors (Lipinski definition) is 1. The number of aromatic nitrogens is 1. The first-order valence-corrected chi connectivity index (χ1v) is 9.76. The molecule has 2 aromatic carbocycles. The zero-order valence-electron chi connectivity index (χ0n) is 14.8. The van der Waals surface area contributed by atoms with Crippen LogP contribution in [0.5, 0.6) is 5.88 Å². The zero-order valence-corrected chi connectivity index (χ0v) is 16.4. The number of pyridine rings is 1. The fourth-order valence-corrected chi connectivity index (χ4v) is 3.58. The number of halogens is 1. The number of benzene rings is 2. The Morgan fingerprint density at radius 1 is 1.19 bits per heavy atom. The second kappa shape index (κ2) is 7.96. The minimum Gasteiger partial charge on any atom is -0.472 e. The van der Waals surface area contributed by atoms with Crippen LogP contribution in [0.15, 0.2) is 65.3 Å². The molecular weight excluding hydrogens is 406 g/mol. The Bertz CT molecular complexity index is 940. The highest BCUT2D eigenvalue weighted by Crippen LogP contribution is 2.20. The van der Waals surface area contributed by atoms with Gasteiger partial charge < -0.3 is 15.0 Å². The van der Waals surface area contributed by atoms with E-state index < -0.39 is 0 Å². The highest BCUT2D eigenvalue weighted by molar-refractivity contribution is 9.10. The summed E-state index contributed by atoms with van der Waals surface area (Å²) in [5.41, 5.74) is 1.12. The number of carbonyl (C=O) groups excluding carboxylic acids is 1. The summed E-state index contributed by atoms with van der Waals surface area (Å²) in [4.78, 5) is 18.6. The standard InChI is InChI=1S/C21H20BrN3O2/c22-17-8-9-20(23-13-17)27-18-10-11-25(14-18)21(26)24-12-16-6-3-5-15-4-1-2-7-19(15)16/h1-9,13,18H,10-12,14H2,(H,24,26)/t18-/m1/s1. The van der Waals surface area contributed by atoms with Crippen LogP contribution < -0.4 is 10.1 Å². The van der Waals surface area contributed by atoms with Crippen molar-refractivity contribution >= 4 is 32.7 Å². The van der Waals surface area contributed by atoms with Crippen molar-refractivity contribution in [2.24, 2.45) is 0 Å². The van der Waals surface area contributed by atoms with Crippen LogP contribution in [0.3, 0.4) is 0 Å². The van der Waals surface area contributed by atoms with E-state index in [0.717, 1.165) is 16.5 Å². The monoisotopic (exact) mass is 425 g/mol. The molecular formula is C21H20BrN3O2. The molecule has 3 aromatic rings. The second-order valence-corrected chi connectivity index (χ2v) is 7.50. The summed E-state index contributed by atoms with van der Waals surface area (Å²) in [7, 11) is 0. The van der Waals surface area contributed by atoms with Gasteiger partial charge >= 0.3 is 6.03 Å². The lowest BCUT2D eigenvalue weighted by Crippen LogP contribution is -2.39. The van der Waals surface area contributed by atoms with E-state index in [2.05, 4.69) is 50.5 Å². The number of urea groups is 1. The Hall–Kier alpha value is -2.60. The van der Waals surface area contributed by atoms with Gasteiger partial charge in [-0.1, -0.05) is 42.5 Å². The summed E-state index contributed by atoms with van der Waals surface area (Å²) < 4.78 is 6.79. The Kier molecular flexibility index (Phi) is 5.25. The molecule has 6 heteroatoms. The van der Waals surface area contributed by atoms with Gasteiger partial charge in [-0.15, -0.1) is 0 Å². The lowest BCUT2D eigenvalue weighted by molar-refractivity contribution is 0.183. The van der Waals surface area contributed by atoms with Gasteiger partial charge in [0, 0.05) is 36.2 Å². The SMILES string of the molecule is O=C(NCc1cccc2ccccc12)N1CC[C@@H](Oc2ccc(Br)cn2)C1. The second-order valence-electron chi connectivity index (χ2n) is 6.59. The number of rotatable bonds is 4. The Morgan fingerprint density at radius 2 is 2.04 bits per heavy atom. The van der Waals surface area contributed by atoms with Crippen molar-refractivity contribution in [1.29, 1.82) is 0 Å². The Labute approximate surface area is 166 Å². The molecule has 138 valence electrons. The third-order valence-electron chi connectivity index (χ3n) is 4.73. The number of ether oxygens (including phenoxy) is 1. The first-order valence-electron chi connectivity index (χ1n) is 8.97. The summed E-state index contributed by atoms with van der Waals surface area (Å²) in [5, 5.41) is 5.39. The molecule has 1 fully saturated rings. The smallest absolute Gasteiger partial charge is 0.317 e. The Balaban J connectivity index is 1.33. The van der Waals surface area contributed by atoms with Crippen LogP contribution in [0.4, 0.5) is 4.79 Å². The van der Waals surface area contributed by atoms with Gasteiger partial charge in [-0.2, -0.15) is 0 Å². The average molecular weight is 426 g/mol. The van der Waals surface area contributed by atoms with Crippen LogP contribution >= 0.6 is 15.9 Å². The molecule has 2 heterocycles.